The predicted octanol–water partition coefficient (Wildman–Crippen LogP) is 7.14. The molecular weight excluding hydrogens is 474 g/mol. The Morgan fingerprint density at radius 3 is 2.26 bits per heavy atom. The second kappa shape index (κ2) is 8.96. The largest absolute Gasteiger partial charge is 0.490 e. The van der Waals surface area contributed by atoms with Gasteiger partial charge in [0.05, 0.1) is 6.61 Å². The molecule has 3 nitrogen and oxygen atoms in total. The molecule has 2 aromatic rings. The number of hydrogen-bond acceptors (Lipinski definition) is 3. The van der Waals surface area contributed by atoms with Crippen LogP contribution in [0.5, 0.6) is 11.5 Å². The molecule has 0 aliphatic heterocycles. The average molecular weight is 505 g/mol. The third-order valence-corrected chi connectivity index (χ3v) is 8.55. The summed E-state index contributed by atoms with van der Waals surface area (Å²) in [6.45, 7) is 3.88. The highest BCUT2D eigenvalue weighted by Crippen LogP contribution is 2.55. The molecule has 4 fully saturated rings. The van der Waals surface area contributed by atoms with Gasteiger partial charge in [0.15, 0.2) is 11.5 Å². The quantitative estimate of drug-likeness (QED) is 0.414. The summed E-state index contributed by atoms with van der Waals surface area (Å²) in [4.78, 5) is 0. The van der Waals surface area contributed by atoms with Crippen molar-refractivity contribution in [1.82, 2.24) is 5.32 Å². The van der Waals surface area contributed by atoms with Crippen molar-refractivity contribution in [2.75, 3.05) is 6.61 Å². The van der Waals surface area contributed by atoms with Crippen LogP contribution in [0.1, 0.15) is 56.6 Å². The third kappa shape index (κ3) is 4.62. The number of ether oxygens (including phenoxy) is 2. The lowest BCUT2D eigenvalue weighted by Crippen LogP contribution is -2.58. The lowest BCUT2D eigenvalue weighted by atomic mass is 9.53. The molecule has 0 spiro atoms. The van der Waals surface area contributed by atoms with Crippen molar-refractivity contribution in [2.24, 2.45) is 17.8 Å². The molecule has 4 saturated carbocycles. The van der Waals surface area contributed by atoms with Gasteiger partial charge in [-0.3, -0.25) is 0 Å². The summed E-state index contributed by atoms with van der Waals surface area (Å²) < 4.78 is 13.1. The van der Waals surface area contributed by atoms with E-state index in [1.807, 2.05) is 37.3 Å². The fourth-order valence-electron chi connectivity index (χ4n) is 6.47. The van der Waals surface area contributed by atoms with Crippen LogP contribution < -0.4 is 14.8 Å². The standard InChI is InChI=1S/C26H31BrClNO2/c1-2-30-24-10-21(15-29-26-12-17-7-18(13-26)9-19(8-17)14-26)22(27)11-25(24)31-16-20-5-3-4-6-23(20)28/h3-6,10-11,17-19,29H,2,7-9,12-16H2,1H3. The molecule has 0 atom stereocenters. The molecule has 4 aliphatic carbocycles. The summed E-state index contributed by atoms with van der Waals surface area (Å²) in [7, 11) is 0. The smallest absolute Gasteiger partial charge is 0.162 e. The lowest BCUT2D eigenvalue weighted by Gasteiger charge is -2.57. The van der Waals surface area contributed by atoms with E-state index in [-0.39, 0.29) is 0 Å². The Hall–Kier alpha value is -1.23. The number of nitrogens with one attached hydrogen (secondary N) is 1. The van der Waals surface area contributed by atoms with Gasteiger partial charge in [-0.1, -0.05) is 45.7 Å². The lowest BCUT2D eigenvalue weighted by molar-refractivity contribution is -0.0206. The maximum atomic E-state index is 6.29. The third-order valence-electron chi connectivity index (χ3n) is 7.45. The van der Waals surface area contributed by atoms with Gasteiger partial charge >= 0.3 is 0 Å². The first-order valence-electron chi connectivity index (χ1n) is 11.6. The first-order valence-corrected chi connectivity index (χ1v) is 12.8. The molecule has 31 heavy (non-hydrogen) atoms. The van der Waals surface area contributed by atoms with E-state index >= 15 is 0 Å². The van der Waals surface area contributed by atoms with Crippen molar-refractivity contribution in [1.29, 1.82) is 0 Å². The number of hydrogen-bond donors (Lipinski definition) is 1. The van der Waals surface area contributed by atoms with Crippen LogP contribution >= 0.6 is 27.5 Å². The Labute approximate surface area is 199 Å². The maximum absolute atomic E-state index is 6.29. The molecule has 166 valence electrons. The van der Waals surface area contributed by atoms with Crippen LogP contribution in [0.25, 0.3) is 0 Å². The van der Waals surface area contributed by atoms with Crippen LogP contribution in [0.4, 0.5) is 0 Å². The predicted molar refractivity (Wildman–Crippen MR) is 129 cm³/mol. The van der Waals surface area contributed by atoms with Crippen molar-refractivity contribution in [3.05, 3.63) is 57.0 Å². The molecule has 0 unspecified atom stereocenters. The van der Waals surface area contributed by atoms with Gasteiger partial charge in [0.25, 0.3) is 0 Å². The van der Waals surface area contributed by atoms with E-state index in [1.54, 1.807) is 0 Å². The fraction of sp³-hybridized carbons (Fsp3) is 0.538. The molecular formula is C26H31BrClNO2. The first kappa shape index (κ1) is 21.6. The molecule has 0 radical (unpaired) electrons. The van der Waals surface area contributed by atoms with Gasteiger partial charge in [-0.05, 0) is 87.0 Å². The van der Waals surface area contributed by atoms with E-state index in [9.17, 15) is 0 Å². The second-order valence-corrected chi connectivity index (χ2v) is 11.0. The van der Waals surface area contributed by atoms with E-state index in [0.717, 1.165) is 50.9 Å². The van der Waals surface area contributed by atoms with Crippen LogP contribution in [0.3, 0.4) is 0 Å². The summed E-state index contributed by atoms with van der Waals surface area (Å²) in [6, 6.07) is 11.9. The van der Waals surface area contributed by atoms with Gasteiger partial charge in [0, 0.05) is 27.1 Å². The van der Waals surface area contributed by atoms with Crippen molar-refractivity contribution in [3.8, 4) is 11.5 Å². The number of benzene rings is 2. The molecule has 4 bridgehead atoms. The van der Waals surface area contributed by atoms with E-state index in [0.29, 0.717) is 18.8 Å². The van der Waals surface area contributed by atoms with Crippen LogP contribution in [0.2, 0.25) is 5.02 Å². The molecule has 2 aromatic carbocycles. The van der Waals surface area contributed by atoms with Gasteiger partial charge < -0.3 is 14.8 Å². The number of rotatable bonds is 8. The molecule has 4 aliphatic rings. The van der Waals surface area contributed by atoms with Crippen LogP contribution in [-0.4, -0.2) is 12.1 Å². The number of halogens is 2. The van der Waals surface area contributed by atoms with Crippen molar-refractivity contribution in [3.63, 3.8) is 0 Å². The van der Waals surface area contributed by atoms with Gasteiger partial charge in [-0.2, -0.15) is 0 Å². The molecule has 0 aromatic heterocycles. The Balaban J connectivity index is 1.30. The van der Waals surface area contributed by atoms with Crippen LogP contribution in [0, 0.1) is 17.8 Å². The van der Waals surface area contributed by atoms with Gasteiger partial charge in [0.2, 0.25) is 0 Å². The zero-order valence-electron chi connectivity index (χ0n) is 18.1. The van der Waals surface area contributed by atoms with Gasteiger partial charge in [-0.15, -0.1) is 0 Å². The van der Waals surface area contributed by atoms with Gasteiger partial charge in [0.1, 0.15) is 6.61 Å². The highest BCUT2D eigenvalue weighted by molar-refractivity contribution is 9.10. The summed E-state index contributed by atoms with van der Waals surface area (Å²) in [5, 5.41) is 4.71. The van der Waals surface area contributed by atoms with E-state index in [2.05, 4.69) is 27.3 Å². The highest BCUT2D eigenvalue weighted by atomic mass is 79.9. The summed E-state index contributed by atoms with van der Waals surface area (Å²) >= 11 is 10.1. The topological polar surface area (TPSA) is 30.5 Å². The normalized spacial score (nSPS) is 28.7. The van der Waals surface area contributed by atoms with E-state index < -0.39 is 0 Å². The molecule has 1 N–H and O–H groups in total. The molecule has 6 rings (SSSR count). The van der Waals surface area contributed by atoms with Crippen LogP contribution in [0.15, 0.2) is 40.9 Å². The van der Waals surface area contributed by atoms with Crippen molar-refractivity contribution < 1.29 is 9.47 Å². The fourth-order valence-corrected chi connectivity index (χ4v) is 7.13. The van der Waals surface area contributed by atoms with Gasteiger partial charge in [-0.25, -0.2) is 0 Å². The molecule has 5 heteroatoms. The Morgan fingerprint density at radius 1 is 0.968 bits per heavy atom. The summed E-state index contributed by atoms with van der Waals surface area (Å²) in [5.74, 6) is 4.37. The minimum Gasteiger partial charge on any atom is -0.490 e. The van der Waals surface area contributed by atoms with E-state index in [1.165, 1.54) is 44.1 Å². The SMILES string of the molecule is CCOc1cc(CNC23CC4CC(CC(C4)C2)C3)c(Br)cc1OCc1ccccc1Cl. The summed E-state index contributed by atoms with van der Waals surface area (Å²) in [6.07, 6.45) is 8.47. The minimum absolute atomic E-state index is 0.346. The Morgan fingerprint density at radius 2 is 1.61 bits per heavy atom. The molecule has 0 saturated heterocycles. The monoisotopic (exact) mass is 503 g/mol. The average Bonchev–Trinajstić information content (AvgIpc) is 2.73. The Kier molecular flexibility index (Phi) is 6.24. The van der Waals surface area contributed by atoms with E-state index in [4.69, 9.17) is 21.1 Å². The Bertz CT molecular complexity index is 912. The highest BCUT2D eigenvalue weighted by Gasteiger charge is 2.50. The maximum Gasteiger partial charge on any atom is 0.162 e. The molecule has 0 amide bonds. The zero-order valence-corrected chi connectivity index (χ0v) is 20.5. The molecule has 0 heterocycles. The van der Waals surface area contributed by atoms with Crippen molar-refractivity contribution >= 4 is 27.5 Å². The second-order valence-electron chi connectivity index (χ2n) is 9.75. The first-order chi connectivity index (χ1) is 15.0. The minimum atomic E-state index is 0.346. The summed E-state index contributed by atoms with van der Waals surface area (Å²) in [5.41, 5.74) is 2.54. The zero-order chi connectivity index (χ0) is 21.4. The van der Waals surface area contributed by atoms with Crippen molar-refractivity contribution in [2.45, 2.75) is 64.1 Å². The van der Waals surface area contributed by atoms with Crippen LogP contribution in [-0.2, 0) is 13.2 Å².